The van der Waals surface area contributed by atoms with Crippen LogP contribution in [0.4, 0.5) is 13.2 Å². The van der Waals surface area contributed by atoms with E-state index >= 15 is 0 Å². The molecule has 21 heavy (non-hydrogen) atoms. The SMILES string of the molecule is OC(c1ccc(F)c(F)c1F)C1OCCc2ccccc21. The molecule has 5 heteroatoms. The number of ether oxygens (including phenoxy) is 1. The molecule has 0 radical (unpaired) electrons. The fourth-order valence-electron chi connectivity index (χ4n) is 2.62. The molecule has 1 N–H and O–H groups in total. The second-order valence-corrected chi connectivity index (χ2v) is 4.95. The Morgan fingerprint density at radius 3 is 2.62 bits per heavy atom. The van der Waals surface area contributed by atoms with Gasteiger partial charge in [-0.25, -0.2) is 13.2 Å². The molecular weight excluding hydrogens is 281 g/mol. The molecule has 0 aliphatic carbocycles. The van der Waals surface area contributed by atoms with Crippen LogP contribution in [0.1, 0.15) is 28.9 Å². The van der Waals surface area contributed by atoms with E-state index in [1.165, 1.54) is 0 Å². The van der Waals surface area contributed by atoms with Crippen molar-refractivity contribution in [3.05, 3.63) is 70.5 Å². The molecule has 0 aromatic heterocycles. The lowest BCUT2D eigenvalue weighted by atomic mass is 9.91. The van der Waals surface area contributed by atoms with Crippen molar-refractivity contribution in [2.45, 2.75) is 18.6 Å². The van der Waals surface area contributed by atoms with Crippen LogP contribution in [0.25, 0.3) is 0 Å². The van der Waals surface area contributed by atoms with Crippen LogP contribution in [-0.2, 0) is 11.2 Å². The summed E-state index contributed by atoms with van der Waals surface area (Å²) in [5.41, 5.74) is 1.42. The third-order valence-corrected chi connectivity index (χ3v) is 3.70. The molecule has 2 aromatic rings. The van der Waals surface area contributed by atoms with Crippen LogP contribution >= 0.6 is 0 Å². The Balaban J connectivity index is 2.01. The first-order valence-corrected chi connectivity index (χ1v) is 6.60. The lowest BCUT2D eigenvalue weighted by molar-refractivity contribution is -0.0498. The van der Waals surface area contributed by atoms with Crippen molar-refractivity contribution in [1.29, 1.82) is 0 Å². The summed E-state index contributed by atoms with van der Waals surface area (Å²) in [5.74, 6) is -4.25. The monoisotopic (exact) mass is 294 g/mol. The molecule has 0 saturated carbocycles. The van der Waals surface area contributed by atoms with E-state index in [4.69, 9.17) is 4.74 Å². The van der Waals surface area contributed by atoms with Gasteiger partial charge < -0.3 is 9.84 Å². The van der Waals surface area contributed by atoms with E-state index < -0.39 is 29.7 Å². The average Bonchev–Trinajstić information content (AvgIpc) is 2.51. The molecule has 2 atom stereocenters. The van der Waals surface area contributed by atoms with Gasteiger partial charge in [-0.3, -0.25) is 0 Å². The van der Waals surface area contributed by atoms with Crippen molar-refractivity contribution in [1.82, 2.24) is 0 Å². The van der Waals surface area contributed by atoms with Gasteiger partial charge in [0.1, 0.15) is 12.2 Å². The fourth-order valence-corrected chi connectivity index (χ4v) is 2.62. The summed E-state index contributed by atoms with van der Waals surface area (Å²) >= 11 is 0. The molecule has 1 aliphatic rings. The second kappa shape index (κ2) is 5.50. The normalized spacial score (nSPS) is 19.1. The number of aliphatic hydroxyl groups excluding tert-OH is 1. The predicted octanol–water partition coefficient (Wildman–Crippen LogP) is 3.45. The second-order valence-electron chi connectivity index (χ2n) is 4.95. The largest absolute Gasteiger partial charge is 0.385 e. The first kappa shape index (κ1) is 14.1. The highest BCUT2D eigenvalue weighted by Crippen LogP contribution is 2.38. The number of halogens is 3. The summed E-state index contributed by atoms with van der Waals surface area (Å²) in [6.07, 6.45) is -1.50. The summed E-state index contributed by atoms with van der Waals surface area (Å²) in [6.45, 7) is 0.379. The molecule has 1 aliphatic heterocycles. The van der Waals surface area contributed by atoms with E-state index in [0.29, 0.717) is 13.0 Å². The number of aliphatic hydroxyl groups is 1. The lowest BCUT2D eigenvalue weighted by Crippen LogP contribution is -2.23. The lowest BCUT2D eigenvalue weighted by Gasteiger charge is -2.30. The first-order chi connectivity index (χ1) is 10.1. The number of hydrogen-bond acceptors (Lipinski definition) is 2. The Morgan fingerprint density at radius 2 is 1.81 bits per heavy atom. The van der Waals surface area contributed by atoms with Crippen LogP contribution in [0.3, 0.4) is 0 Å². The van der Waals surface area contributed by atoms with Crippen LogP contribution in [0.5, 0.6) is 0 Å². The van der Waals surface area contributed by atoms with Gasteiger partial charge in [0.2, 0.25) is 0 Å². The Labute approximate surface area is 119 Å². The van der Waals surface area contributed by atoms with E-state index in [1.54, 1.807) is 12.1 Å². The van der Waals surface area contributed by atoms with Gasteiger partial charge in [-0.1, -0.05) is 30.3 Å². The summed E-state index contributed by atoms with van der Waals surface area (Å²) < 4.78 is 45.6. The number of fused-ring (bicyclic) bond motifs is 1. The molecule has 0 saturated heterocycles. The van der Waals surface area contributed by atoms with Gasteiger partial charge in [0, 0.05) is 5.56 Å². The van der Waals surface area contributed by atoms with Gasteiger partial charge in [0.25, 0.3) is 0 Å². The van der Waals surface area contributed by atoms with E-state index in [2.05, 4.69) is 0 Å². The van der Waals surface area contributed by atoms with E-state index in [0.717, 1.165) is 23.3 Å². The molecule has 2 aromatic carbocycles. The molecule has 2 nitrogen and oxygen atoms in total. The first-order valence-electron chi connectivity index (χ1n) is 6.60. The number of benzene rings is 2. The van der Waals surface area contributed by atoms with Crippen LogP contribution in [-0.4, -0.2) is 11.7 Å². The third kappa shape index (κ3) is 2.43. The van der Waals surface area contributed by atoms with Crippen molar-refractivity contribution in [3.63, 3.8) is 0 Å². The van der Waals surface area contributed by atoms with Crippen molar-refractivity contribution >= 4 is 0 Å². The Kier molecular flexibility index (Phi) is 3.69. The molecule has 3 rings (SSSR count). The van der Waals surface area contributed by atoms with Crippen molar-refractivity contribution < 1.29 is 23.0 Å². The van der Waals surface area contributed by atoms with E-state index in [9.17, 15) is 18.3 Å². The third-order valence-electron chi connectivity index (χ3n) is 3.70. The predicted molar refractivity (Wildman–Crippen MR) is 70.1 cm³/mol. The van der Waals surface area contributed by atoms with Gasteiger partial charge in [-0.15, -0.1) is 0 Å². The standard InChI is InChI=1S/C16H13F3O2/c17-12-6-5-11(13(18)14(12)19)15(20)16-10-4-2-1-3-9(10)7-8-21-16/h1-6,15-16,20H,7-8H2. The maximum Gasteiger partial charge on any atom is 0.194 e. The summed E-state index contributed by atoms with van der Waals surface area (Å²) in [6, 6.07) is 9.17. The minimum absolute atomic E-state index is 0.310. The van der Waals surface area contributed by atoms with Crippen LogP contribution in [0.2, 0.25) is 0 Å². The zero-order valence-electron chi connectivity index (χ0n) is 11.0. The summed E-state index contributed by atoms with van der Waals surface area (Å²) in [7, 11) is 0. The average molecular weight is 294 g/mol. The Bertz CT molecular complexity index is 673. The van der Waals surface area contributed by atoms with E-state index in [1.807, 2.05) is 12.1 Å². The molecule has 0 bridgehead atoms. The fraction of sp³-hybridized carbons (Fsp3) is 0.250. The van der Waals surface area contributed by atoms with Crippen LogP contribution in [0, 0.1) is 17.5 Å². The molecule has 0 fully saturated rings. The molecular formula is C16H13F3O2. The zero-order chi connectivity index (χ0) is 15.0. The highest BCUT2D eigenvalue weighted by molar-refractivity contribution is 5.34. The molecule has 2 unspecified atom stereocenters. The van der Waals surface area contributed by atoms with Gasteiger partial charge >= 0.3 is 0 Å². The Morgan fingerprint density at radius 1 is 1.05 bits per heavy atom. The number of rotatable bonds is 2. The minimum atomic E-state index is -1.59. The minimum Gasteiger partial charge on any atom is -0.385 e. The summed E-state index contributed by atoms with van der Waals surface area (Å²) in [4.78, 5) is 0. The van der Waals surface area contributed by atoms with Crippen molar-refractivity contribution in [2.75, 3.05) is 6.61 Å². The zero-order valence-corrected chi connectivity index (χ0v) is 11.0. The van der Waals surface area contributed by atoms with Crippen molar-refractivity contribution in [2.24, 2.45) is 0 Å². The highest BCUT2D eigenvalue weighted by atomic mass is 19.2. The van der Waals surface area contributed by atoms with Crippen LogP contribution in [0.15, 0.2) is 36.4 Å². The smallest absolute Gasteiger partial charge is 0.194 e. The molecule has 0 amide bonds. The summed E-state index contributed by atoms with van der Waals surface area (Å²) in [5, 5.41) is 10.3. The van der Waals surface area contributed by atoms with E-state index in [-0.39, 0.29) is 5.56 Å². The van der Waals surface area contributed by atoms with Crippen LogP contribution < -0.4 is 0 Å². The highest BCUT2D eigenvalue weighted by Gasteiger charge is 2.31. The van der Waals surface area contributed by atoms with Crippen molar-refractivity contribution in [3.8, 4) is 0 Å². The topological polar surface area (TPSA) is 29.5 Å². The maximum absolute atomic E-state index is 13.8. The van der Waals surface area contributed by atoms with Gasteiger partial charge in [0.15, 0.2) is 17.5 Å². The van der Waals surface area contributed by atoms with Gasteiger partial charge in [-0.2, -0.15) is 0 Å². The number of hydrogen-bond donors (Lipinski definition) is 1. The maximum atomic E-state index is 13.8. The molecule has 1 heterocycles. The molecule has 0 spiro atoms. The van der Waals surface area contributed by atoms with Gasteiger partial charge in [-0.05, 0) is 23.6 Å². The van der Waals surface area contributed by atoms with Gasteiger partial charge in [0.05, 0.1) is 6.61 Å². The Hall–Kier alpha value is -1.85. The molecule has 110 valence electrons. The quantitative estimate of drug-likeness (QED) is 0.860.